The molecule has 1 amide bonds. The second kappa shape index (κ2) is 6.63. The maximum absolute atomic E-state index is 12.3. The lowest BCUT2D eigenvalue weighted by Gasteiger charge is -2.09. The number of nitrogens with zero attached hydrogens (tertiary/aromatic N) is 2. The zero-order valence-electron chi connectivity index (χ0n) is 14.3. The highest BCUT2D eigenvalue weighted by Gasteiger charge is 2.24. The molecule has 0 unspecified atom stereocenters. The Kier molecular flexibility index (Phi) is 4.18. The fraction of sp³-hybridized carbons (Fsp3) is 0.286. The van der Waals surface area contributed by atoms with E-state index in [9.17, 15) is 4.79 Å². The van der Waals surface area contributed by atoms with Crippen molar-refractivity contribution in [2.24, 2.45) is 10.2 Å². The molecule has 0 spiro atoms. The molecule has 1 aliphatic heterocycles. The Hall–Kier alpha value is -2.75. The Morgan fingerprint density at radius 3 is 2.68 bits per heavy atom. The van der Waals surface area contributed by atoms with Gasteiger partial charge in [-0.3, -0.25) is 4.79 Å². The molecule has 2 aromatic carbocycles. The SMILES string of the molecule is Cc1ccc(C(=O)NC2CC2)cc1CC1=NN=C(c2ccccc2)C1. The van der Waals surface area contributed by atoms with E-state index in [2.05, 4.69) is 34.6 Å². The molecule has 1 fully saturated rings. The van der Waals surface area contributed by atoms with E-state index in [-0.39, 0.29) is 5.91 Å². The molecule has 0 atom stereocenters. The van der Waals surface area contributed by atoms with E-state index in [1.165, 1.54) is 5.56 Å². The number of carbonyl (C=O) groups is 1. The molecule has 4 heteroatoms. The van der Waals surface area contributed by atoms with Crippen LogP contribution in [0.1, 0.15) is 46.3 Å². The summed E-state index contributed by atoms with van der Waals surface area (Å²) in [6, 6.07) is 16.4. The van der Waals surface area contributed by atoms with E-state index in [0.29, 0.717) is 6.04 Å². The summed E-state index contributed by atoms with van der Waals surface area (Å²) in [5.74, 6) is 0.0262. The van der Waals surface area contributed by atoms with Crippen molar-refractivity contribution in [1.29, 1.82) is 0 Å². The van der Waals surface area contributed by atoms with Crippen LogP contribution in [0, 0.1) is 6.92 Å². The number of hydrogen-bond acceptors (Lipinski definition) is 3. The number of benzene rings is 2. The smallest absolute Gasteiger partial charge is 0.251 e. The summed E-state index contributed by atoms with van der Waals surface area (Å²) in [5.41, 5.74) is 6.23. The van der Waals surface area contributed by atoms with Crippen LogP contribution in [-0.2, 0) is 6.42 Å². The van der Waals surface area contributed by atoms with E-state index < -0.39 is 0 Å². The Morgan fingerprint density at radius 2 is 1.92 bits per heavy atom. The fourth-order valence-electron chi connectivity index (χ4n) is 3.00. The van der Waals surface area contributed by atoms with Gasteiger partial charge in [0.25, 0.3) is 5.91 Å². The van der Waals surface area contributed by atoms with Gasteiger partial charge < -0.3 is 5.32 Å². The zero-order chi connectivity index (χ0) is 17.2. The van der Waals surface area contributed by atoms with Crippen molar-refractivity contribution in [3.63, 3.8) is 0 Å². The van der Waals surface area contributed by atoms with Crippen LogP contribution in [0.15, 0.2) is 58.7 Å². The first kappa shape index (κ1) is 15.8. The van der Waals surface area contributed by atoms with Crippen molar-refractivity contribution >= 4 is 17.3 Å². The first-order chi connectivity index (χ1) is 12.2. The zero-order valence-corrected chi connectivity index (χ0v) is 14.3. The molecule has 25 heavy (non-hydrogen) atoms. The molecule has 4 nitrogen and oxygen atoms in total. The second-order valence-corrected chi connectivity index (χ2v) is 6.82. The van der Waals surface area contributed by atoms with Crippen LogP contribution in [0.25, 0.3) is 0 Å². The van der Waals surface area contributed by atoms with E-state index in [0.717, 1.165) is 53.8 Å². The average molecular weight is 331 g/mol. The minimum atomic E-state index is 0.0262. The Labute approximate surface area is 147 Å². The molecule has 0 saturated heterocycles. The number of nitrogens with one attached hydrogen (secondary N) is 1. The van der Waals surface area contributed by atoms with Crippen molar-refractivity contribution < 1.29 is 4.79 Å². The molecule has 1 aliphatic carbocycles. The highest BCUT2D eigenvalue weighted by molar-refractivity contribution is 6.15. The lowest BCUT2D eigenvalue weighted by molar-refractivity contribution is 0.0951. The monoisotopic (exact) mass is 331 g/mol. The van der Waals surface area contributed by atoms with Gasteiger partial charge in [-0.2, -0.15) is 10.2 Å². The molecule has 0 bridgehead atoms. The first-order valence-electron chi connectivity index (χ1n) is 8.77. The standard InChI is InChI=1S/C21H21N3O/c1-14-7-8-16(21(25)22-18-9-10-18)11-17(14)12-19-13-20(24-23-19)15-5-3-2-4-6-15/h2-8,11,18H,9-10,12-13H2,1H3,(H,22,25). The maximum atomic E-state index is 12.3. The highest BCUT2D eigenvalue weighted by atomic mass is 16.1. The largest absolute Gasteiger partial charge is 0.349 e. The third-order valence-electron chi connectivity index (χ3n) is 4.71. The number of carbonyl (C=O) groups excluding carboxylic acids is 1. The maximum Gasteiger partial charge on any atom is 0.251 e. The van der Waals surface area contributed by atoms with Gasteiger partial charge in [0.05, 0.1) is 11.4 Å². The topological polar surface area (TPSA) is 53.8 Å². The van der Waals surface area contributed by atoms with Crippen LogP contribution in [0.5, 0.6) is 0 Å². The normalized spacial score (nSPS) is 16.4. The van der Waals surface area contributed by atoms with Crippen molar-refractivity contribution in [2.45, 2.75) is 38.6 Å². The van der Waals surface area contributed by atoms with E-state index >= 15 is 0 Å². The van der Waals surface area contributed by atoms with E-state index in [4.69, 9.17) is 0 Å². The molecule has 126 valence electrons. The van der Waals surface area contributed by atoms with Gasteiger partial charge in [0, 0.05) is 24.4 Å². The molecule has 0 radical (unpaired) electrons. The number of amides is 1. The fourth-order valence-corrected chi connectivity index (χ4v) is 3.00. The summed E-state index contributed by atoms with van der Waals surface area (Å²) in [7, 11) is 0. The van der Waals surface area contributed by atoms with Crippen molar-refractivity contribution in [3.05, 3.63) is 70.8 Å². The van der Waals surface area contributed by atoms with Crippen molar-refractivity contribution in [1.82, 2.24) is 5.32 Å². The third-order valence-corrected chi connectivity index (χ3v) is 4.71. The van der Waals surface area contributed by atoms with Gasteiger partial charge in [0.1, 0.15) is 0 Å². The van der Waals surface area contributed by atoms with Crippen LogP contribution in [-0.4, -0.2) is 23.4 Å². The van der Waals surface area contributed by atoms with Crippen LogP contribution in [0.4, 0.5) is 0 Å². The molecule has 1 saturated carbocycles. The molecular formula is C21H21N3O. The molecule has 1 heterocycles. The predicted octanol–water partition coefficient (Wildman–Crippen LogP) is 3.68. The van der Waals surface area contributed by atoms with Crippen LogP contribution < -0.4 is 5.32 Å². The Morgan fingerprint density at radius 1 is 1.12 bits per heavy atom. The van der Waals surface area contributed by atoms with Gasteiger partial charge in [0.2, 0.25) is 0 Å². The van der Waals surface area contributed by atoms with Gasteiger partial charge in [-0.05, 0) is 48.6 Å². The molecule has 4 rings (SSSR count). The molecule has 2 aliphatic rings. The third kappa shape index (κ3) is 3.68. The summed E-state index contributed by atoms with van der Waals surface area (Å²) in [4.78, 5) is 12.3. The number of rotatable bonds is 5. The van der Waals surface area contributed by atoms with Crippen LogP contribution in [0.3, 0.4) is 0 Å². The minimum Gasteiger partial charge on any atom is -0.349 e. The Bertz CT molecular complexity index is 864. The highest BCUT2D eigenvalue weighted by Crippen LogP contribution is 2.21. The van der Waals surface area contributed by atoms with Gasteiger partial charge in [-0.15, -0.1) is 0 Å². The van der Waals surface area contributed by atoms with E-state index in [1.807, 2.05) is 36.4 Å². The molecular weight excluding hydrogens is 310 g/mol. The van der Waals surface area contributed by atoms with Gasteiger partial charge in [0.15, 0.2) is 0 Å². The lowest BCUT2D eigenvalue weighted by atomic mass is 9.96. The minimum absolute atomic E-state index is 0.0262. The Balaban J connectivity index is 1.45. The quantitative estimate of drug-likeness (QED) is 0.893. The van der Waals surface area contributed by atoms with Crippen molar-refractivity contribution in [2.75, 3.05) is 0 Å². The first-order valence-corrected chi connectivity index (χ1v) is 8.77. The lowest BCUT2D eigenvalue weighted by Crippen LogP contribution is -2.25. The van der Waals surface area contributed by atoms with Crippen LogP contribution >= 0.6 is 0 Å². The van der Waals surface area contributed by atoms with Gasteiger partial charge in [-0.25, -0.2) is 0 Å². The molecule has 0 aromatic heterocycles. The van der Waals surface area contributed by atoms with E-state index in [1.54, 1.807) is 0 Å². The summed E-state index contributed by atoms with van der Waals surface area (Å²) >= 11 is 0. The molecule has 2 aromatic rings. The average Bonchev–Trinajstić information content (AvgIpc) is 3.32. The summed E-state index contributed by atoms with van der Waals surface area (Å²) < 4.78 is 0. The number of hydrogen-bond donors (Lipinski definition) is 1. The summed E-state index contributed by atoms with van der Waals surface area (Å²) in [6.45, 7) is 2.08. The van der Waals surface area contributed by atoms with Crippen molar-refractivity contribution in [3.8, 4) is 0 Å². The second-order valence-electron chi connectivity index (χ2n) is 6.82. The van der Waals surface area contributed by atoms with Gasteiger partial charge >= 0.3 is 0 Å². The predicted molar refractivity (Wildman–Crippen MR) is 100 cm³/mol. The number of aryl methyl sites for hydroxylation is 1. The van der Waals surface area contributed by atoms with Gasteiger partial charge in [-0.1, -0.05) is 36.4 Å². The van der Waals surface area contributed by atoms with Crippen LogP contribution in [0.2, 0.25) is 0 Å². The summed E-state index contributed by atoms with van der Waals surface area (Å²) in [5, 5.41) is 11.8. The summed E-state index contributed by atoms with van der Waals surface area (Å²) in [6.07, 6.45) is 3.69. The molecule has 1 N–H and O–H groups in total.